The van der Waals surface area contributed by atoms with E-state index in [0.29, 0.717) is 11.2 Å². The van der Waals surface area contributed by atoms with Crippen LogP contribution in [0.2, 0.25) is 0 Å². The number of allylic oxidation sites excluding steroid dienone is 1. The van der Waals surface area contributed by atoms with Gasteiger partial charge in [0, 0.05) is 16.2 Å². The molecular weight excluding hydrogens is 238 g/mol. The minimum absolute atomic E-state index is 0.486. The van der Waals surface area contributed by atoms with Crippen LogP contribution in [-0.2, 0) is 6.42 Å². The van der Waals surface area contributed by atoms with Crippen LogP contribution in [0.5, 0.6) is 0 Å². The SMILES string of the molecule is CC(C)Cc1ccc(/C(=C\C#N)SC(C)C)cc1. The number of thioether (sulfide) groups is 1. The van der Waals surface area contributed by atoms with Crippen LogP contribution in [0.1, 0.15) is 38.8 Å². The molecule has 1 nitrogen and oxygen atoms in total. The van der Waals surface area contributed by atoms with Crippen LogP contribution in [0.4, 0.5) is 0 Å². The van der Waals surface area contributed by atoms with E-state index in [1.165, 1.54) is 5.56 Å². The van der Waals surface area contributed by atoms with Crippen molar-refractivity contribution in [2.45, 2.75) is 39.4 Å². The molecule has 96 valence electrons. The predicted octanol–water partition coefficient (Wildman–Crippen LogP) is 4.89. The van der Waals surface area contributed by atoms with E-state index in [1.807, 2.05) is 0 Å². The van der Waals surface area contributed by atoms with Crippen molar-refractivity contribution in [3.05, 3.63) is 41.5 Å². The quantitative estimate of drug-likeness (QED) is 0.703. The lowest BCUT2D eigenvalue weighted by Crippen LogP contribution is -1.94. The average Bonchev–Trinajstić information content (AvgIpc) is 2.28. The van der Waals surface area contributed by atoms with Gasteiger partial charge in [-0.3, -0.25) is 0 Å². The van der Waals surface area contributed by atoms with Crippen LogP contribution < -0.4 is 0 Å². The Morgan fingerprint density at radius 2 is 1.83 bits per heavy atom. The van der Waals surface area contributed by atoms with E-state index in [0.717, 1.165) is 16.9 Å². The van der Waals surface area contributed by atoms with Gasteiger partial charge in [-0.1, -0.05) is 52.0 Å². The first-order valence-corrected chi connectivity index (χ1v) is 7.26. The normalized spacial score (nSPS) is 11.9. The van der Waals surface area contributed by atoms with Crippen molar-refractivity contribution in [3.8, 4) is 6.07 Å². The maximum absolute atomic E-state index is 8.84. The third kappa shape index (κ3) is 4.98. The van der Waals surface area contributed by atoms with Crippen LogP contribution in [0.15, 0.2) is 30.3 Å². The number of benzene rings is 1. The van der Waals surface area contributed by atoms with Crippen LogP contribution in [0.3, 0.4) is 0 Å². The zero-order valence-electron chi connectivity index (χ0n) is 11.6. The van der Waals surface area contributed by atoms with Crippen molar-refractivity contribution in [3.63, 3.8) is 0 Å². The number of rotatable bonds is 5. The fourth-order valence-electron chi connectivity index (χ4n) is 1.77. The zero-order chi connectivity index (χ0) is 13.5. The zero-order valence-corrected chi connectivity index (χ0v) is 12.4. The molecule has 0 radical (unpaired) electrons. The van der Waals surface area contributed by atoms with Gasteiger partial charge in [-0.2, -0.15) is 5.26 Å². The second-order valence-electron chi connectivity index (χ2n) is 5.10. The lowest BCUT2D eigenvalue weighted by atomic mass is 10.0. The molecule has 0 aliphatic rings. The summed E-state index contributed by atoms with van der Waals surface area (Å²) in [4.78, 5) is 1.06. The molecule has 0 amide bonds. The van der Waals surface area contributed by atoms with Gasteiger partial charge in [0.05, 0.1) is 6.07 Å². The second-order valence-corrected chi connectivity index (χ2v) is 6.72. The average molecular weight is 259 g/mol. The van der Waals surface area contributed by atoms with Gasteiger partial charge in [-0.15, -0.1) is 11.8 Å². The molecule has 0 saturated heterocycles. The van der Waals surface area contributed by atoms with Crippen molar-refractivity contribution in [1.82, 2.24) is 0 Å². The first-order valence-electron chi connectivity index (χ1n) is 6.38. The Balaban J connectivity index is 2.88. The van der Waals surface area contributed by atoms with Crippen molar-refractivity contribution in [2.75, 3.05) is 0 Å². The number of nitriles is 1. The maximum Gasteiger partial charge on any atom is 0.0923 e. The second kappa shape index (κ2) is 7.28. The number of hydrogen-bond acceptors (Lipinski definition) is 2. The maximum atomic E-state index is 8.84. The summed E-state index contributed by atoms with van der Waals surface area (Å²) in [6.07, 6.45) is 2.75. The monoisotopic (exact) mass is 259 g/mol. The molecule has 0 spiro atoms. The van der Waals surface area contributed by atoms with E-state index in [-0.39, 0.29) is 0 Å². The van der Waals surface area contributed by atoms with Crippen LogP contribution in [-0.4, -0.2) is 5.25 Å². The Hall–Kier alpha value is -1.20. The van der Waals surface area contributed by atoms with Gasteiger partial charge in [-0.05, 0) is 23.5 Å². The summed E-state index contributed by atoms with van der Waals surface area (Å²) in [7, 11) is 0. The smallest absolute Gasteiger partial charge is 0.0923 e. The highest BCUT2D eigenvalue weighted by Gasteiger charge is 2.06. The Morgan fingerprint density at radius 3 is 2.28 bits per heavy atom. The molecule has 0 aromatic heterocycles. The summed E-state index contributed by atoms with van der Waals surface area (Å²) in [5.74, 6) is 0.676. The highest BCUT2D eigenvalue weighted by molar-refractivity contribution is 8.08. The van der Waals surface area contributed by atoms with Crippen molar-refractivity contribution < 1.29 is 0 Å². The molecule has 18 heavy (non-hydrogen) atoms. The van der Waals surface area contributed by atoms with Gasteiger partial charge in [-0.25, -0.2) is 0 Å². The van der Waals surface area contributed by atoms with Gasteiger partial charge >= 0.3 is 0 Å². The molecule has 1 aromatic rings. The summed E-state index contributed by atoms with van der Waals surface area (Å²) < 4.78 is 0. The molecule has 0 atom stereocenters. The molecule has 0 aliphatic carbocycles. The fourth-order valence-corrected chi connectivity index (χ4v) is 2.68. The first-order chi connectivity index (χ1) is 8.52. The largest absolute Gasteiger partial charge is 0.193 e. The molecule has 0 fully saturated rings. The van der Waals surface area contributed by atoms with E-state index in [9.17, 15) is 0 Å². The summed E-state index contributed by atoms with van der Waals surface area (Å²) in [5, 5.41) is 9.33. The van der Waals surface area contributed by atoms with Gasteiger partial charge in [0.25, 0.3) is 0 Å². The van der Waals surface area contributed by atoms with Gasteiger partial charge in [0.2, 0.25) is 0 Å². The first kappa shape index (κ1) is 14.9. The van der Waals surface area contributed by atoms with Gasteiger partial charge < -0.3 is 0 Å². The van der Waals surface area contributed by atoms with E-state index in [1.54, 1.807) is 17.8 Å². The third-order valence-corrected chi connectivity index (χ3v) is 3.52. The fraction of sp³-hybridized carbons (Fsp3) is 0.438. The number of nitrogens with zero attached hydrogens (tertiary/aromatic N) is 1. The van der Waals surface area contributed by atoms with E-state index in [2.05, 4.69) is 58.0 Å². The minimum atomic E-state index is 0.486. The topological polar surface area (TPSA) is 23.8 Å². The van der Waals surface area contributed by atoms with Gasteiger partial charge in [0.15, 0.2) is 0 Å². The van der Waals surface area contributed by atoms with E-state index < -0.39 is 0 Å². The molecule has 0 aliphatic heterocycles. The lowest BCUT2D eigenvalue weighted by Gasteiger charge is -2.10. The standard InChI is InChI=1S/C16H21NS/c1-12(2)11-14-5-7-15(8-6-14)16(9-10-17)18-13(3)4/h5-9,12-13H,11H2,1-4H3/b16-9+. The Morgan fingerprint density at radius 1 is 1.22 bits per heavy atom. The minimum Gasteiger partial charge on any atom is -0.193 e. The molecule has 1 rings (SSSR count). The van der Waals surface area contributed by atoms with Crippen LogP contribution >= 0.6 is 11.8 Å². The molecule has 1 aromatic carbocycles. The molecule has 0 unspecified atom stereocenters. The molecule has 0 saturated carbocycles. The third-order valence-electron chi connectivity index (χ3n) is 2.44. The van der Waals surface area contributed by atoms with Crippen molar-refractivity contribution >= 4 is 16.7 Å². The van der Waals surface area contributed by atoms with E-state index >= 15 is 0 Å². The van der Waals surface area contributed by atoms with Crippen LogP contribution in [0.25, 0.3) is 4.91 Å². The highest BCUT2D eigenvalue weighted by Crippen LogP contribution is 2.31. The van der Waals surface area contributed by atoms with Gasteiger partial charge in [0.1, 0.15) is 0 Å². The van der Waals surface area contributed by atoms with Crippen molar-refractivity contribution in [2.24, 2.45) is 5.92 Å². The molecule has 0 bridgehead atoms. The van der Waals surface area contributed by atoms with Crippen LogP contribution in [0, 0.1) is 17.2 Å². The lowest BCUT2D eigenvalue weighted by molar-refractivity contribution is 0.647. The van der Waals surface area contributed by atoms with E-state index in [4.69, 9.17) is 5.26 Å². The Labute approximate surface area is 115 Å². The summed E-state index contributed by atoms with van der Waals surface area (Å²) in [5.41, 5.74) is 2.50. The summed E-state index contributed by atoms with van der Waals surface area (Å²) >= 11 is 1.74. The molecule has 2 heteroatoms. The summed E-state index contributed by atoms with van der Waals surface area (Å²) in [6.45, 7) is 8.74. The summed E-state index contributed by atoms with van der Waals surface area (Å²) in [6, 6.07) is 10.7. The van der Waals surface area contributed by atoms with Crippen molar-refractivity contribution in [1.29, 1.82) is 5.26 Å². The Bertz CT molecular complexity index is 435. The number of hydrogen-bond donors (Lipinski definition) is 0. The Kier molecular flexibility index (Phi) is 6.01. The molecule has 0 heterocycles. The predicted molar refractivity (Wildman–Crippen MR) is 81.3 cm³/mol. The molecular formula is C16H21NS. The molecule has 0 N–H and O–H groups in total. The highest BCUT2D eigenvalue weighted by atomic mass is 32.2.